The molecule has 1 aliphatic heterocycles. The van der Waals surface area contributed by atoms with Gasteiger partial charge in [0.15, 0.2) is 0 Å². The van der Waals surface area contributed by atoms with Crippen molar-refractivity contribution in [2.45, 2.75) is 47.5 Å². The second-order valence-corrected chi connectivity index (χ2v) is 8.35. The highest BCUT2D eigenvalue weighted by molar-refractivity contribution is 5.72. The molecule has 132 valence electrons. The van der Waals surface area contributed by atoms with E-state index in [-0.39, 0.29) is 0 Å². The fourth-order valence-electron chi connectivity index (χ4n) is 4.90. The Hall–Kier alpha value is -1.83. The number of aryl methyl sites for hydroxylation is 1. The Kier molecular flexibility index (Phi) is 3.90. The first-order valence-electron chi connectivity index (χ1n) is 9.78. The van der Waals surface area contributed by atoms with Gasteiger partial charge in [0.05, 0.1) is 6.07 Å². The summed E-state index contributed by atoms with van der Waals surface area (Å²) in [6.07, 6.45) is 4.96. The summed E-state index contributed by atoms with van der Waals surface area (Å²) < 4.78 is 8.83. The molecule has 4 aliphatic carbocycles. The van der Waals surface area contributed by atoms with Gasteiger partial charge in [-0.3, -0.25) is 0 Å². The van der Waals surface area contributed by atoms with Crippen LogP contribution in [0.4, 0.5) is 0 Å². The molecule has 2 unspecified atom stereocenters. The number of benzene rings is 1. The molecule has 0 N–H and O–H groups in total. The predicted octanol–water partition coefficient (Wildman–Crippen LogP) is 4.95. The number of fused-ring (bicyclic) bond motifs is 2. The zero-order chi connectivity index (χ0) is 17.8. The average Bonchev–Trinajstić information content (AvgIpc) is 2.62. The maximum atomic E-state index is 6.46. The molecule has 0 amide bonds. The Morgan fingerprint density at radius 1 is 1.12 bits per heavy atom. The monoisotopic (exact) mass is 336 g/mol. The zero-order valence-corrected chi connectivity index (χ0v) is 16.2. The lowest BCUT2D eigenvalue weighted by molar-refractivity contribution is 0.0102. The largest absolute Gasteiger partial charge is 0.456 e. The molecule has 2 nitrogen and oxygen atoms in total. The van der Waals surface area contributed by atoms with E-state index in [0.717, 1.165) is 30.5 Å². The van der Waals surface area contributed by atoms with Crippen LogP contribution in [0.1, 0.15) is 51.9 Å². The molecule has 25 heavy (non-hydrogen) atoms. The van der Waals surface area contributed by atoms with Gasteiger partial charge in [-0.25, -0.2) is 4.58 Å². The molecule has 2 heteroatoms. The third kappa shape index (κ3) is 2.49. The van der Waals surface area contributed by atoms with E-state index in [1.807, 2.05) is 0 Å². The van der Waals surface area contributed by atoms with Gasteiger partial charge in [-0.1, -0.05) is 19.9 Å². The van der Waals surface area contributed by atoms with Crippen LogP contribution in [0.3, 0.4) is 0 Å². The number of nitrogens with zero attached hydrogens (tertiary/aromatic N) is 1. The first-order valence-corrected chi connectivity index (χ1v) is 9.78. The van der Waals surface area contributed by atoms with Crippen LogP contribution in [-0.4, -0.2) is 13.1 Å². The molecule has 0 spiro atoms. The number of allylic oxidation sites excluding steroid dienone is 2. The third-order valence-electron chi connectivity index (χ3n) is 6.84. The topological polar surface area (TPSA) is 16.1 Å². The summed E-state index contributed by atoms with van der Waals surface area (Å²) in [6, 6.07) is 8.90. The Labute approximate surface area is 151 Å². The normalized spacial score (nSPS) is 24.0. The van der Waals surface area contributed by atoms with E-state index in [0.29, 0.717) is 11.3 Å². The maximum absolute atomic E-state index is 6.46. The minimum Gasteiger partial charge on any atom is -0.456 e. The fraction of sp³-hybridized carbons (Fsp3) is 0.522. The van der Waals surface area contributed by atoms with Crippen molar-refractivity contribution in [2.24, 2.45) is 17.3 Å². The molecule has 0 saturated heterocycles. The molecular formula is C23H30NO+. The van der Waals surface area contributed by atoms with E-state index in [1.165, 1.54) is 34.9 Å². The summed E-state index contributed by atoms with van der Waals surface area (Å²) in [5.41, 5.74) is 4.39. The smallest absolute Gasteiger partial charge is 0.203 e. The van der Waals surface area contributed by atoms with Crippen molar-refractivity contribution in [3.63, 3.8) is 0 Å². The summed E-state index contributed by atoms with van der Waals surface area (Å²) in [7, 11) is 0. The average molecular weight is 336 g/mol. The molecule has 2 atom stereocenters. The van der Waals surface area contributed by atoms with Gasteiger partial charge in [-0.05, 0) is 74.1 Å². The van der Waals surface area contributed by atoms with Crippen molar-refractivity contribution in [3.8, 4) is 11.3 Å². The molecule has 5 aliphatic rings. The summed E-state index contributed by atoms with van der Waals surface area (Å²) in [6.45, 7) is 13.5. The molecule has 5 rings (SSSR count). The second kappa shape index (κ2) is 5.86. The molecular weight excluding hydrogens is 306 g/mol. The van der Waals surface area contributed by atoms with Gasteiger partial charge >= 0.3 is 0 Å². The highest BCUT2D eigenvalue weighted by Gasteiger charge is 2.52. The minimum absolute atomic E-state index is 0.422. The minimum atomic E-state index is 0.422. The lowest BCUT2D eigenvalue weighted by Gasteiger charge is -2.56. The van der Waals surface area contributed by atoms with E-state index < -0.39 is 0 Å². The highest BCUT2D eigenvalue weighted by atomic mass is 16.3. The van der Waals surface area contributed by atoms with Gasteiger partial charge in [0, 0.05) is 11.6 Å². The Balaban J connectivity index is 1.86. The van der Waals surface area contributed by atoms with Gasteiger partial charge in [0.1, 0.15) is 24.6 Å². The first kappa shape index (κ1) is 16.6. The van der Waals surface area contributed by atoms with Gasteiger partial charge in [0.2, 0.25) is 5.36 Å². The molecule has 1 saturated carbocycles. The van der Waals surface area contributed by atoms with Crippen LogP contribution in [0, 0.1) is 24.2 Å². The Bertz CT molecular complexity index is 877. The first-order chi connectivity index (χ1) is 12.0. The fourth-order valence-corrected chi connectivity index (χ4v) is 4.90. The molecule has 2 bridgehead atoms. The van der Waals surface area contributed by atoms with Crippen molar-refractivity contribution in [1.29, 1.82) is 0 Å². The summed E-state index contributed by atoms with van der Waals surface area (Å²) in [4.78, 5) is 0. The van der Waals surface area contributed by atoms with Crippen molar-refractivity contribution < 1.29 is 4.42 Å². The quantitative estimate of drug-likeness (QED) is 0.724. The van der Waals surface area contributed by atoms with E-state index in [2.05, 4.69) is 69.5 Å². The van der Waals surface area contributed by atoms with Gasteiger partial charge < -0.3 is 4.42 Å². The number of hydrogen-bond acceptors (Lipinski definition) is 1. The van der Waals surface area contributed by atoms with E-state index in [9.17, 15) is 0 Å². The maximum Gasteiger partial charge on any atom is 0.203 e. The summed E-state index contributed by atoms with van der Waals surface area (Å²) in [5, 5.41) is 1.25. The molecule has 0 aromatic carbocycles. The molecule has 1 heterocycles. The summed E-state index contributed by atoms with van der Waals surface area (Å²) in [5.74, 6) is 3.60. The molecule has 0 aromatic rings. The highest BCUT2D eigenvalue weighted by Crippen LogP contribution is 2.61. The van der Waals surface area contributed by atoms with Crippen LogP contribution in [0.2, 0.25) is 0 Å². The van der Waals surface area contributed by atoms with Crippen molar-refractivity contribution in [2.75, 3.05) is 13.1 Å². The molecule has 0 aromatic heterocycles. The zero-order valence-electron chi connectivity index (χ0n) is 16.2. The summed E-state index contributed by atoms with van der Waals surface area (Å²) >= 11 is 0. The van der Waals surface area contributed by atoms with Gasteiger partial charge in [0.25, 0.3) is 0 Å². The lowest BCUT2D eigenvalue weighted by atomic mass is 9.48. The Morgan fingerprint density at radius 3 is 2.52 bits per heavy atom. The third-order valence-corrected chi connectivity index (χ3v) is 6.84. The van der Waals surface area contributed by atoms with Crippen molar-refractivity contribution in [1.82, 2.24) is 4.58 Å². The van der Waals surface area contributed by atoms with Crippen molar-refractivity contribution in [3.05, 3.63) is 47.0 Å². The SMILES string of the molecule is CC[N+](CC)=c1ccc2c(C)cc(C3=CCC4CC3C4(C)C)oc-2c1. The van der Waals surface area contributed by atoms with Crippen LogP contribution in [0.5, 0.6) is 0 Å². The van der Waals surface area contributed by atoms with Crippen LogP contribution in [0.15, 0.2) is 34.8 Å². The van der Waals surface area contributed by atoms with E-state index in [4.69, 9.17) is 4.42 Å². The van der Waals surface area contributed by atoms with Crippen LogP contribution in [-0.2, 0) is 0 Å². The molecule has 0 radical (unpaired) electrons. The van der Waals surface area contributed by atoms with Crippen LogP contribution in [0.25, 0.3) is 16.9 Å². The van der Waals surface area contributed by atoms with E-state index in [1.54, 1.807) is 0 Å². The second-order valence-electron chi connectivity index (χ2n) is 8.35. The van der Waals surface area contributed by atoms with Gasteiger partial charge in [-0.2, -0.15) is 0 Å². The number of rotatable bonds is 3. The predicted molar refractivity (Wildman–Crippen MR) is 104 cm³/mol. The Morgan fingerprint density at radius 2 is 1.88 bits per heavy atom. The van der Waals surface area contributed by atoms with Crippen molar-refractivity contribution >= 4 is 5.57 Å². The number of hydrogen-bond donors (Lipinski definition) is 0. The van der Waals surface area contributed by atoms with E-state index >= 15 is 0 Å². The van der Waals surface area contributed by atoms with Crippen LogP contribution >= 0.6 is 0 Å². The molecule has 1 fully saturated rings. The lowest BCUT2D eigenvalue weighted by Crippen LogP contribution is -2.47. The van der Waals surface area contributed by atoms with Crippen LogP contribution < -0.4 is 9.93 Å². The van der Waals surface area contributed by atoms with Gasteiger partial charge in [-0.15, -0.1) is 0 Å². The standard InChI is InChI=1S/C23H30NO/c1-6-24(7-2)17-9-11-18-15(3)12-21(25-22(18)14-17)19-10-8-16-13-20(19)23(16,4)5/h9-12,14,16,20H,6-8,13H2,1-5H3/q+1.